The molecule has 0 spiro atoms. The number of esters is 1. The van der Waals surface area contributed by atoms with Crippen LogP contribution in [0.2, 0.25) is 0 Å². The number of unbranched alkanes of at least 4 members (excludes halogenated alkanes) is 6. The molecule has 29 heavy (non-hydrogen) atoms. The molecule has 0 bridgehead atoms. The van der Waals surface area contributed by atoms with E-state index in [-0.39, 0.29) is 5.97 Å². The minimum atomic E-state index is -0.315. The average Bonchev–Trinajstić information content (AvgIpc) is 2.70. The monoisotopic (exact) mass is 424 g/mol. The summed E-state index contributed by atoms with van der Waals surface area (Å²) in [6, 6.07) is 0.452. The summed E-state index contributed by atoms with van der Waals surface area (Å²) >= 11 is 1.77. The van der Waals surface area contributed by atoms with Gasteiger partial charge in [-0.25, -0.2) is 9.78 Å². The van der Waals surface area contributed by atoms with Crippen molar-refractivity contribution in [1.29, 1.82) is 0 Å². The lowest BCUT2D eigenvalue weighted by atomic mass is 10.2. The Bertz CT molecular complexity index is 610. The van der Waals surface area contributed by atoms with E-state index >= 15 is 0 Å². The van der Waals surface area contributed by atoms with Crippen LogP contribution in [0.4, 0.5) is 0 Å². The Hall–Kier alpha value is -1.60. The van der Waals surface area contributed by atoms with Crippen LogP contribution in [0.3, 0.4) is 0 Å². The van der Waals surface area contributed by atoms with Crippen molar-refractivity contribution in [2.75, 3.05) is 32.7 Å². The third-order valence-corrected chi connectivity index (χ3v) is 5.42. The van der Waals surface area contributed by atoms with Crippen LogP contribution in [0.15, 0.2) is 23.4 Å². The molecule has 0 aliphatic rings. The fourth-order valence-electron chi connectivity index (χ4n) is 2.51. The van der Waals surface area contributed by atoms with Gasteiger partial charge in [-0.2, -0.15) is 4.98 Å². The van der Waals surface area contributed by atoms with Crippen LogP contribution in [-0.4, -0.2) is 48.6 Å². The fourth-order valence-corrected chi connectivity index (χ4v) is 3.47. The van der Waals surface area contributed by atoms with Crippen LogP contribution in [0.5, 0.6) is 6.01 Å². The number of hydrogen-bond donors (Lipinski definition) is 0. The summed E-state index contributed by atoms with van der Waals surface area (Å²) in [5.41, 5.74) is 1.53. The van der Waals surface area contributed by atoms with Crippen molar-refractivity contribution in [2.24, 2.45) is 0 Å². The third kappa shape index (κ3) is 12.5. The lowest BCUT2D eigenvalue weighted by Crippen LogP contribution is -2.06. The normalized spacial score (nSPS) is 10.7. The number of carbonyl (C=O) groups excluding carboxylic acids is 1. The first-order valence-electron chi connectivity index (χ1n) is 10.5. The van der Waals surface area contributed by atoms with Gasteiger partial charge in [-0.15, -0.1) is 11.8 Å². The van der Waals surface area contributed by atoms with Gasteiger partial charge in [0, 0.05) is 25.5 Å². The average molecular weight is 425 g/mol. The Labute approximate surface area is 179 Å². The molecule has 7 heteroatoms. The molecular weight excluding hydrogens is 388 g/mol. The molecule has 1 rings (SSSR count). The number of rotatable bonds is 17. The Morgan fingerprint density at radius 3 is 2.38 bits per heavy atom. The van der Waals surface area contributed by atoms with Gasteiger partial charge in [-0.3, -0.25) is 0 Å². The largest absolute Gasteiger partial charge is 0.463 e. The van der Waals surface area contributed by atoms with Crippen molar-refractivity contribution >= 4 is 17.7 Å². The SMILES string of the molecule is C=C(C)C(=O)OCCCCCCOc1ncc(C)c(SCCCCCCOC)n1. The number of nitrogens with zero attached hydrogens (tertiary/aromatic N) is 2. The van der Waals surface area contributed by atoms with Gasteiger partial charge < -0.3 is 14.2 Å². The van der Waals surface area contributed by atoms with E-state index in [0.29, 0.717) is 24.8 Å². The quantitative estimate of drug-likeness (QED) is 0.113. The maximum absolute atomic E-state index is 11.3. The standard InChI is InChI=1S/C22H36N2O4S/c1-18(2)21(25)27-14-10-5-6-11-15-28-22-23-17-19(3)20(24-22)29-16-12-8-7-9-13-26-4/h17H,1,5-16H2,2-4H3. The van der Waals surface area contributed by atoms with Gasteiger partial charge in [0.25, 0.3) is 0 Å². The highest BCUT2D eigenvalue weighted by Gasteiger charge is 2.06. The van der Waals surface area contributed by atoms with E-state index < -0.39 is 0 Å². The molecule has 0 saturated heterocycles. The van der Waals surface area contributed by atoms with Crippen LogP contribution in [-0.2, 0) is 14.3 Å². The minimum Gasteiger partial charge on any atom is -0.463 e. The van der Waals surface area contributed by atoms with Crippen LogP contribution < -0.4 is 4.74 Å². The second kappa shape index (κ2) is 16.2. The zero-order chi connectivity index (χ0) is 21.3. The number of ether oxygens (including phenoxy) is 3. The third-order valence-electron chi connectivity index (χ3n) is 4.24. The summed E-state index contributed by atoms with van der Waals surface area (Å²) < 4.78 is 15.8. The fraction of sp³-hybridized carbons (Fsp3) is 0.682. The first-order chi connectivity index (χ1) is 14.0. The zero-order valence-electron chi connectivity index (χ0n) is 18.2. The van der Waals surface area contributed by atoms with Crippen molar-refractivity contribution in [1.82, 2.24) is 9.97 Å². The highest BCUT2D eigenvalue weighted by atomic mass is 32.2. The van der Waals surface area contributed by atoms with Gasteiger partial charge in [0.05, 0.1) is 13.2 Å². The van der Waals surface area contributed by atoms with Crippen LogP contribution >= 0.6 is 11.8 Å². The van der Waals surface area contributed by atoms with Crippen LogP contribution in [0, 0.1) is 6.92 Å². The molecule has 164 valence electrons. The summed E-state index contributed by atoms with van der Waals surface area (Å²) in [4.78, 5) is 20.1. The van der Waals surface area contributed by atoms with Gasteiger partial charge in [-0.1, -0.05) is 19.4 Å². The topological polar surface area (TPSA) is 70.5 Å². The molecule has 0 aromatic carbocycles. The molecule has 1 aromatic rings. The molecule has 0 saturated carbocycles. The molecular formula is C22H36N2O4S. The number of carbonyl (C=O) groups is 1. The van der Waals surface area contributed by atoms with E-state index in [1.807, 2.05) is 13.1 Å². The Morgan fingerprint density at radius 1 is 1.03 bits per heavy atom. The summed E-state index contributed by atoms with van der Waals surface area (Å²) in [5, 5.41) is 1.01. The molecule has 0 unspecified atom stereocenters. The highest BCUT2D eigenvalue weighted by Crippen LogP contribution is 2.23. The van der Waals surface area contributed by atoms with Crippen LogP contribution in [0.1, 0.15) is 63.9 Å². The molecule has 1 heterocycles. The predicted octanol–water partition coefficient (Wildman–Crippen LogP) is 5.14. The Balaban J connectivity index is 2.14. The maximum atomic E-state index is 11.3. The van der Waals surface area contributed by atoms with Crippen molar-refractivity contribution in [2.45, 2.75) is 70.2 Å². The molecule has 0 aliphatic carbocycles. The summed E-state index contributed by atoms with van der Waals surface area (Å²) in [5.74, 6) is 0.741. The molecule has 0 atom stereocenters. The van der Waals surface area contributed by atoms with Crippen molar-refractivity contribution < 1.29 is 19.0 Å². The number of hydrogen-bond acceptors (Lipinski definition) is 7. The van der Waals surface area contributed by atoms with Gasteiger partial charge in [0.2, 0.25) is 0 Å². The Kier molecular flexibility index (Phi) is 14.2. The lowest BCUT2D eigenvalue weighted by molar-refractivity contribution is -0.139. The van der Waals surface area contributed by atoms with Crippen molar-refractivity contribution in [3.8, 4) is 6.01 Å². The molecule has 0 radical (unpaired) electrons. The molecule has 0 fully saturated rings. The van der Waals surface area contributed by atoms with E-state index in [1.165, 1.54) is 19.3 Å². The van der Waals surface area contributed by atoms with Crippen LogP contribution in [0.25, 0.3) is 0 Å². The molecule has 0 N–H and O–H groups in total. The summed E-state index contributed by atoms with van der Waals surface area (Å²) in [6.45, 7) is 9.14. The Morgan fingerprint density at radius 2 is 1.69 bits per heavy atom. The van der Waals surface area contributed by atoms with Gasteiger partial charge in [0.15, 0.2) is 0 Å². The second-order valence-electron chi connectivity index (χ2n) is 7.08. The van der Waals surface area contributed by atoms with E-state index in [0.717, 1.165) is 55.1 Å². The van der Waals surface area contributed by atoms with Gasteiger partial charge in [-0.05, 0) is 63.7 Å². The van der Waals surface area contributed by atoms with Gasteiger partial charge >= 0.3 is 12.0 Å². The van der Waals surface area contributed by atoms with Crippen molar-refractivity contribution in [3.05, 3.63) is 23.9 Å². The van der Waals surface area contributed by atoms with Crippen molar-refractivity contribution in [3.63, 3.8) is 0 Å². The predicted molar refractivity (Wildman–Crippen MR) is 118 cm³/mol. The smallest absolute Gasteiger partial charge is 0.333 e. The maximum Gasteiger partial charge on any atom is 0.333 e. The molecule has 1 aromatic heterocycles. The number of thioether (sulfide) groups is 1. The first-order valence-corrected chi connectivity index (χ1v) is 11.4. The molecule has 6 nitrogen and oxygen atoms in total. The summed E-state index contributed by atoms with van der Waals surface area (Å²) in [7, 11) is 1.75. The van der Waals surface area contributed by atoms with E-state index in [4.69, 9.17) is 14.2 Å². The van der Waals surface area contributed by atoms with E-state index in [9.17, 15) is 4.79 Å². The number of methoxy groups -OCH3 is 1. The highest BCUT2D eigenvalue weighted by molar-refractivity contribution is 7.99. The number of aromatic nitrogens is 2. The van der Waals surface area contributed by atoms with E-state index in [1.54, 1.807) is 25.8 Å². The summed E-state index contributed by atoms with van der Waals surface area (Å²) in [6.07, 6.45) is 10.4. The first kappa shape index (κ1) is 25.4. The molecule has 0 aliphatic heterocycles. The van der Waals surface area contributed by atoms with E-state index in [2.05, 4.69) is 16.5 Å². The second-order valence-corrected chi connectivity index (χ2v) is 8.16. The van der Waals surface area contributed by atoms with Gasteiger partial charge in [0.1, 0.15) is 5.03 Å². The molecule has 0 amide bonds. The minimum absolute atomic E-state index is 0.315. The zero-order valence-corrected chi connectivity index (χ0v) is 19.0. The number of aryl methyl sites for hydroxylation is 1. The lowest BCUT2D eigenvalue weighted by Gasteiger charge is -2.08.